The molecule has 2 rings (SSSR count). The minimum atomic E-state index is -0.527. The molecule has 0 unspecified atom stereocenters. The van der Waals surface area contributed by atoms with E-state index in [1.54, 1.807) is 6.20 Å². The lowest BCUT2D eigenvalue weighted by Gasteiger charge is -2.30. The maximum Gasteiger partial charge on any atom is 0.359 e. The second-order valence-corrected chi connectivity index (χ2v) is 6.09. The van der Waals surface area contributed by atoms with Crippen molar-refractivity contribution in [2.45, 2.75) is 45.3 Å². The molecule has 0 spiro atoms. The van der Waals surface area contributed by atoms with Crippen molar-refractivity contribution in [3.8, 4) is 0 Å². The van der Waals surface area contributed by atoms with Gasteiger partial charge in [-0.25, -0.2) is 14.8 Å². The smallest absolute Gasteiger partial charge is 0.359 e. The lowest BCUT2D eigenvalue weighted by Crippen LogP contribution is -2.40. The Balaban J connectivity index is 2.01. The number of esters is 1. The molecular weight excluding hydrogens is 256 g/mol. The molecule has 1 fully saturated rings. The Bertz CT molecular complexity index is 459. The highest BCUT2D eigenvalue weighted by Gasteiger charge is 2.21. The molecule has 0 radical (unpaired) electrons. The van der Waals surface area contributed by atoms with E-state index in [1.165, 1.54) is 6.20 Å². The molecule has 2 heterocycles. The Labute approximate surface area is 119 Å². The van der Waals surface area contributed by atoms with Gasteiger partial charge in [0.25, 0.3) is 0 Å². The Morgan fingerprint density at radius 2 is 1.95 bits per heavy atom. The molecule has 0 aromatic carbocycles. The van der Waals surface area contributed by atoms with Crippen LogP contribution in [0.1, 0.15) is 44.1 Å². The first-order valence-corrected chi connectivity index (χ1v) is 6.91. The van der Waals surface area contributed by atoms with E-state index in [0.717, 1.165) is 31.7 Å². The lowest BCUT2D eigenvalue weighted by atomic mass is 10.1. The summed E-state index contributed by atoms with van der Waals surface area (Å²) in [7, 11) is 0. The molecule has 6 nitrogen and oxygen atoms in total. The summed E-state index contributed by atoms with van der Waals surface area (Å²) in [6, 6.07) is 0.278. The number of hydrogen-bond donors (Lipinski definition) is 1. The van der Waals surface area contributed by atoms with E-state index >= 15 is 0 Å². The molecule has 110 valence electrons. The van der Waals surface area contributed by atoms with E-state index < -0.39 is 11.6 Å². The SMILES string of the molecule is CC(C)(C)OC(=O)c1cnc(N2CCC(N)CC2)cn1. The summed E-state index contributed by atoms with van der Waals surface area (Å²) in [5.41, 5.74) is 5.58. The molecule has 0 bridgehead atoms. The van der Waals surface area contributed by atoms with Gasteiger partial charge in [0, 0.05) is 19.1 Å². The molecule has 0 aliphatic carbocycles. The molecule has 1 saturated heterocycles. The van der Waals surface area contributed by atoms with Crippen LogP contribution in [0.15, 0.2) is 12.4 Å². The van der Waals surface area contributed by atoms with Crippen molar-refractivity contribution in [1.29, 1.82) is 0 Å². The minimum absolute atomic E-state index is 0.234. The molecule has 0 amide bonds. The fourth-order valence-electron chi connectivity index (χ4n) is 2.05. The minimum Gasteiger partial charge on any atom is -0.455 e. The number of hydrogen-bond acceptors (Lipinski definition) is 6. The predicted octanol–water partition coefficient (Wildman–Crippen LogP) is 1.36. The lowest BCUT2D eigenvalue weighted by molar-refractivity contribution is 0.00624. The van der Waals surface area contributed by atoms with Crippen molar-refractivity contribution in [2.75, 3.05) is 18.0 Å². The number of anilines is 1. The summed E-state index contributed by atoms with van der Waals surface area (Å²) in [6.07, 6.45) is 5.00. The predicted molar refractivity (Wildman–Crippen MR) is 76.6 cm³/mol. The molecule has 6 heteroatoms. The average molecular weight is 278 g/mol. The quantitative estimate of drug-likeness (QED) is 0.823. The number of aromatic nitrogens is 2. The molecule has 1 aliphatic rings. The van der Waals surface area contributed by atoms with Crippen molar-refractivity contribution in [2.24, 2.45) is 5.73 Å². The first-order chi connectivity index (χ1) is 9.35. The Kier molecular flexibility index (Phi) is 4.23. The topological polar surface area (TPSA) is 81.3 Å². The van der Waals surface area contributed by atoms with Crippen LogP contribution in [0.4, 0.5) is 5.82 Å². The van der Waals surface area contributed by atoms with E-state index in [2.05, 4.69) is 14.9 Å². The van der Waals surface area contributed by atoms with E-state index in [-0.39, 0.29) is 11.7 Å². The Hall–Kier alpha value is -1.69. The van der Waals surface area contributed by atoms with Crippen LogP contribution in [0.3, 0.4) is 0 Å². The van der Waals surface area contributed by atoms with Crippen LogP contribution in [-0.4, -0.2) is 40.7 Å². The first kappa shape index (κ1) is 14.7. The third-order valence-electron chi connectivity index (χ3n) is 3.11. The summed E-state index contributed by atoms with van der Waals surface area (Å²) in [4.78, 5) is 22.4. The van der Waals surface area contributed by atoms with Gasteiger partial charge >= 0.3 is 5.97 Å². The third kappa shape index (κ3) is 3.90. The normalized spacial score (nSPS) is 17.1. The van der Waals surface area contributed by atoms with Gasteiger partial charge in [-0.15, -0.1) is 0 Å². The third-order valence-corrected chi connectivity index (χ3v) is 3.11. The molecule has 2 N–H and O–H groups in total. The summed E-state index contributed by atoms with van der Waals surface area (Å²) in [5.74, 6) is 0.335. The highest BCUT2D eigenvalue weighted by Crippen LogP contribution is 2.17. The Morgan fingerprint density at radius 1 is 1.30 bits per heavy atom. The summed E-state index contributed by atoms with van der Waals surface area (Å²) in [5, 5.41) is 0. The molecule has 1 aromatic heterocycles. The number of rotatable bonds is 2. The second kappa shape index (κ2) is 5.75. The summed E-state index contributed by atoms with van der Waals surface area (Å²) < 4.78 is 5.25. The van der Waals surface area contributed by atoms with Crippen molar-refractivity contribution < 1.29 is 9.53 Å². The fourth-order valence-corrected chi connectivity index (χ4v) is 2.05. The van der Waals surface area contributed by atoms with E-state index in [4.69, 9.17) is 10.5 Å². The van der Waals surface area contributed by atoms with Crippen LogP contribution >= 0.6 is 0 Å². The van der Waals surface area contributed by atoms with Gasteiger partial charge in [-0.2, -0.15) is 0 Å². The van der Waals surface area contributed by atoms with Crippen LogP contribution in [0.2, 0.25) is 0 Å². The molecular formula is C14H22N4O2. The van der Waals surface area contributed by atoms with Crippen LogP contribution < -0.4 is 10.6 Å². The molecule has 0 atom stereocenters. The van der Waals surface area contributed by atoms with Crippen molar-refractivity contribution in [3.05, 3.63) is 18.1 Å². The summed E-state index contributed by atoms with van der Waals surface area (Å²) >= 11 is 0. The summed E-state index contributed by atoms with van der Waals surface area (Å²) in [6.45, 7) is 7.22. The zero-order valence-corrected chi connectivity index (χ0v) is 12.3. The van der Waals surface area contributed by atoms with Gasteiger partial charge in [-0.05, 0) is 33.6 Å². The van der Waals surface area contributed by atoms with Crippen LogP contribution in [-0.2, 0) is 4.74 Å². The highest BCUT2D eigenvalue weighted by atomic mass is 16.6. The van der Waals surface area contributed by atoms with Gasteiger partial charge in [0.1, 0.15) is 11.4 Å². The van der Waals surface area contributed by atoms with Gasteiger partial charge in [0.15, 0.2) is 5.69 Å². The molecule has 1 aliphatic heterocycles. The maximum atomic E-state index is 11.8. The number of carbonyl (C=O) groups is 1. The number of piperidine rings is 1. The van der Waals surface area contributed by atoms with Crippen LogP contribution in [0.25, 0.3) is 0 Å². The molecule has 20 heavy (non-hydrogen) atoms. The standard InChI is InChI=1S/C14H22N4O2/c1-14(2,3)20-13(19)11-8-17-12(9-16-11)18-6-4-10(15)5-7-18/h8-10H,4-7,15H2,1-3H3. The zero-order valence-electron chi connectivity index (χ0n) is 12.3. The second-order valence-electron chi connectivity index (χ2n) is 6.09. The Morgan fingerprint density at radius 3 is 2.45 bits per heavy atom. The van der Waals surface area contributed by atoms with Crippen molar-refractivity contribution in [3.63, 3.8) is 0 Å². The van der Waals surface area contributed by atoms with Crippen molar-refractivity contribution >= 4 is 11.8 Å². The average Bonchev–Trinajstić information content (AvgIpc) is 2.38. The van der Waals surface area contributed by atoms with Gasteiger partial charge in [0.05, 0.1) is 12.4 Å². The number of ether oxygens (including phenoxy) is 1. The highest BCUT2D eigenvalue weighted by molar-refractivity contribution is 5.87. The largest absolute Gasteiger partial charge is 0.455 e. The molecule has 0 saturated carbocycles. The van der Waals surface area contributed by atoms with Crippen LogP contribution in [0.5, 0.6) is 0 Å². The van der Waals surface area contributed by atoms with Gasteiger partial charge in [-0.1, -0.05) is 0 Å². The molecule has 1 aromatic rings. The van der Waals surface area contributed by atoms with Gasteiger partial charge in [-0.3, -0.25) is 0 Å². The number of nitrogens with zero attached hydrogens (tertiary/aromatic N) is 3. The van der Waals surface area contributed by atoms with E-state index in [9.17, 15) is 4.79 Å². The zero-order chi connectivity index (χ0) is 14.8. The van der Waals surface area contributed by atoms with Crippen molar-refractivity contribution in [1.82, 2.24) is 9.97 Å². The number of carbonyl (C=O) groups excluding carboxylic acids is 1. The van der Waals surface area contributed by atoms with Crippen LogP contribution in [0, 0.1) is 0 Å². The van der Waals surface area contributed by atoms with E-state index in [1.807, 2.05) is 20.8 Å². The first-order valence-electron chi connectivity index (χ1n) is 6.91. The number of nitrogens with two attached hydrogens (primary N) is 1. The fraction of sp³-hybridized carbons (Fsp3) is 0.643. The monoisotopic (exact) mass is 278 g/mol. The maximum absolute atomic E-state index is 11.8. The van der Waals surface area contributed by atoms with Gasteiger partial charge in [0.2, 0.25) is 0 Å². The van der Waals surface area contributed by atoms with E-state index in [0.29, 0.717) is 0 Å². The van der Waals surface area contributed by atoms with Gasteiger partial charge < -0.3 is 15.4 Å².